The van der Waals surface area contributed by atoms with E-state index in [-0.39, 0.29) is 12.7 Å². The summed E-state index contributed by atoms with van der Waals surface area (Å²) in [7, 11) is 0. The Balaban J connectivity index is 3.01. The maximum atomic E-state index is 11.1. The lowest BCUT2D eigenvalue weighted by atomic mass is 10.2. The summed E-state index contributed by atoms with van der Waals surface area (Å²) in [6.07, 6.45) is 5.09. The fourth-order valence-corrected chi connectivity index (χ4v) is 1.26. The van der Waals surface area contributed by atoms with Gasteiger partial charge in [0.2, 0.25) is 5.91 Å². The van der Waals surface area contributed by atoms with Gasteiger partial charge in [0.1, 0.15) is 18.1 Å². The van der Waals surface area contributed by atoms with Gasteiger partial charge in [-0.15, -0.1) is 6.42 Å². The highest BCUT2D eigenvalue weighted by Crippen LogP contribution is 2.23. The zero-order chi connectivity index (χ0) is 12.8. The minimum absolute atomic E-state index is 0.00129. The van der Waals surface area contributed by atoms with Crippen molar-refractivity contribution >= 4 is 5.91 Å². The molecule has 17 heavy (non-hydrogen) atoms. The number of nitrogens with two attached hydrogens (primary N) is 1. The van der Waals surface area contributed by atoms with Crippen LogP contribution < -0.4 is 15.2 Å². The number of primary amides is 1. The van der Waals surface area contributed by atoms with Gasteiger partial charge in [0, 0.05) is 11.6 Å². The zero-order valence-corrected chi connectivity index (χ0v) is 9.90. The molecule has 0 saturated carbocycles. The first-order chi connectivity index (χ1) is 8.02. The molecule has 0 bridgehead atoms. The lowest BCUT2D eigenvalue weighted by Crippen LogP contribution is -2.12. The van der Waals surface area contributed by atoms with Gasteiger partial charge in [0.15, 0.2) is 0 Å². The summed E-state index contributed by atoms with van der Waals surface area (Å²) < 4.78 is 10.7. The van der Waals surface area contributed by atoms with Gasteiger partial charge in [-0.3, -0.25) is 4.79 Å². The van der Waals surface area contributed by atoms with Crippen LogP contribution in [-0.4, -0.2) is 18.6 Å². The van der Waals surface area contributed by atoms with Gasteiger partial charge in [0.05, 0.1) is 6.10 Å². The Morgan fingerprint density at radius 2 is 2.06 bits per heavy atom. The van der Waals surface area contributed by atoms with Crippen molar-refractivity contribution in [3.05, 3.63) is 23.8 Å². The van der Waals surface area contributed by atoms with Crippen LogP contribution in [-0.2, 0) is 0 Å². The summed E-state index contributed by atoms with van der Waals surface area (Å²) >= 11 is 0. The van der Waals surface area contributed by atoms with Crippen LogP contribution in [0, 0.1) is 12.3 Å². The molecule has 0 aliphatic heterocycles. The summed E-state index contributed by atoms with van der Waals surface area (Å²) in [4.78, 5) is 11.1. The number of ether oxygens (including phenoxy) is 2. The van der Waals surface area contributed by atoms with Gasteiger partial charge >= 0.3 is 0 Å². The third kappa shape index (κ3) is 4.07. The molecule has 0 heterocycles. The number of carbonyl (C=O) groups is 1. The largest absolute Gasteiger partial charge is 0.491 e. The fraction of sp³-hybridized carbons (Fsp3) is 0.308. The molecule has 0 unspecified atom stereocenters. The average Bonchev–Trinajstić information content (AvgIpc) is 2.25. The summed E-state index contributed by atoms with van der Waals surface area (Å²) in [6.45, 7) is 3.90. The third-order valence-corrected chi connectivity index (χ3v) is 1.86. The van der Waals surface area contributed by atoms with E-state index in [0.29, 0.717) is 17.1 Å². The van der Waals surface area contributed by atoms with Crippen molar-refractivity contribution in [2.24, 2.45) is 5.73 Å². The van der Waals surface area contributed by atoms with E-state index in [0.717, 1.165) is 0 Å². The third-order valence-electron chi connectivity index (χ3n) is 1.86. The van der Waals surface area contributed by atoms with E-state index in [1.807, 2.05) is 13.8 Å². The summed E-state index contributed by atoms with van der Waals surface area (Å²) in [5, 5.41) is 0. The standard InChI is InChI=1S/C13H15NO3/c1-4-5-16-11-6-10(13(14)15)7-12(8-11)17-9(2)3/h1,6-9H,5H2,2-3H3,(H2,14,15). The Morgan fingerprint density at radius 1 is 1.41 bits per heavy atom. The lowest BCUT2D eigenvalue weighted by molar-refractivity contribution is 0.0999. The van der Waals surface area contributed by atoms with E-state index < -0.39 is 5.91 Å². The molecule has 1 rings (SSSR count). The van der Waals surface area contributed by atoms with E-state index in [9.17, 15) is 4.79 Å². The smallest absolute Gasteiger partial charge is 0.248 e. The number of benzene rings is 1. The van der Waals surface area contributed by atoms with E-state index in [4.69, 9.17) is 21.6 Å². The molecule has 0 fully saturated rings. The van der Waals surface area contributed by atoms with Gasteiger partial charge < -0.3 is 15.2 Å². The zero-order valence-electron chi connectivity index (χ0n) is 9.90. The van der Waals surface area contributed by atoms with Crippen LogP contribution in [0.3, 0.4) is 0 Å². The second-order valence-electron chi connectivity index (χ2n) is 3.72. The van der Waals surface area contributed by atoms with Crippen LogP contribution >= 0.6 is 0 Å². The maximum Gasteiger partial charge on any atom is 0.248 e. The molecular formula is C13H15NO3. The Hall–Kier alpha value is -2.15. The molecule has 90 valence electrons. The van der Waals surface area contributed by atoms with Crippen LogP contribution in [0.2, 0.25) is 0 Å². The average molecular weight is 233 g/mol. The summed E-state index contributed by atoms with van der Waals surface area (Å²) in [5.74, 6) is 2.81. The van der Waals surface area contributed by atoms with Crippen LogP contribution in [0.4, 0.5) is 0 Å². The lowest BCUT2D eigenvalue weighted by Gasteiger charge is -2.12. The number of carbonyl (C=O) groups excluding carboxylic acids is 1. The maximum absolute atomic E-state index is 11.1. The predicted molar refractivity (Wildman–Crippen MR) is 65.1 cm³/mol. The molecule has 0 spiro atoms. The first-order valence-corrected chi connectivity index (χ1v) is 5.20. The number of hydrogen-bond acceptors (Lipinski definition) is 3. The highest BCUT2D eigenvalue weighted by molar-refractivity contribution is 5.93. The van der Waals surface area contributed by atoms with E-state index in [2.05, 4.69) is 5.92 Å². The number of rotatable bonds is 5. The van der Waals surface area contributed by atoms with E-state index in [1.165, 1.54) is 6.07 Å². The van der Waals surface area contributed by atoms with Crippen molar-refractivity contribution in [1.29, 1.82) is 0 Å². The molecule has 1 aromatic rings. The van der Waals surface area contributed by atoms with Crippen molar-refractivity contribution in [2.45, 2.75) is 20.0 Å². The quantitative estimate of drug-likeness (QED) is 0.785. The van der Waals surface area contributed by atoms with Crippen LogP contribution in [0.5, 0.6) is 11.5 Å². The number of terminal acetylenes is 1. The molecular weight excluding hydrogens is 218 g/mol. The predicted octanol–water partition coefficient (Wildman–Crippen LogP) is 1.58. The molecule has 0 aliphatic rings. The van der Waals surface area contributed by atoms with E-state index >= 15 is 0 Å². The van der Waals surface area contributed by atoms with Crippen LogP contribution in [0.15, 0.2) is 18.2 Å². The normalized spacial score (nSPS) is 9.76. The first-order valence-electron chi connectivity index (χ1n) is 5.20. The van der Waals surface area contributed by atoms with Gasteiger partial charge in [-0.1, -0.05) is 5.92 Å². The Bertz CT molecular complexity index is 446. The van der Waals surface area contributed by atoms with Crippen LogP contribution in [0.1, 0.15) is 24.2 Å². The molecule has 4 heteroatoms. The molecule has 0 saturated heterocycles. The molecule has 1 amide bonds. The highest BCUT2D eigenvalue weighted by atomic mass is 16.5. The molecule has 0 aromatic heterocycles. The molecule has 4 nitrogen and oxygen atoms in total. The molecule has 0 radical (unpaired) electrons. The number of hydrogen-bond donors (Lipinski definition) is 1. The second-order valence-corrected chi connectivity index (χ2v) is 3.72. The van der Waals surface area contributed by atoms with Crippen molar-refractivity contribution in [3.8, 4) is 23.8 Å². The van der Waals surface area contributed by atoms with Gasteiger partial charge in [0.25, 0.3) is 0 Å². The minimum Gasteiger partial charge on any atom is -0.491 e. The van der Waals surface area contributed by atoms with Crippen molar-refractivity contribution in [2.75, 3.05) is 6.61 Å². The van der Waals surface area contributed by atoms with E-state index in [1.54, 1.807) is 12.1 Å². The minimum atomic E-state index is -0.537. The Labute approximate surface area is 101 Å². The monoisotopic (exact) mass is 233 g/mol. The Kier molecular flexibility index (Phi) is 4.41. The molecule has 1 aromatic carbocycles. The highest BCUT2D eigenvalue weighted by Gasteiger charge is 2.08. The summed E-state index contributed by atoms with van der Waals surface area (Å²) in [5.41, 5.74) is 5.55. The van der Waals surface area contributed by atoms with Crippen molar-refractivity contribution in [3.63, 3.8) is 0 Å². The fourth-order valence-electron chi connectivity index (χ4n) is 1.26. The van der Waals surface area contributed by atoms with Gasteiger partial charge in [-0.05, 0) is 26.0 Å². The van der Waals surface area contributed by atoms with Crippen LogP contribution in [0.25, 0.3) is 0 Å². The molecule has 0 atom stereocenters. The molecule has 0 aliphatic carbocycles. The SMILES string of the molecule is C#CCOc1cc(OC(C)C)cc(C(N)=O)c1. The topological polar surface area (TPSA) is 61.6 Å². The van der Waals surface area contributed by atoms with Crippen molar-refractivity contribution < 1.29 is 14.3 Å². The summed E-state index contributed by atoms with van der Waals surface area (Å²) in [6, 6.07) is 4.78. The van der Waals surface area contributed by atoms with Gasteiger partial charge in [-0.2, -0.15) is 0 Å². The Morgan fingerprint density at radius 3 is 2.59 bits per heavy atom. The number of amides is 1. The van der Waals surface area contributed by atoms with Gasteiger partial charge in [-0.25, -0.2) is 0 Å². The first kappa shape index (κ1) is 12.9. The second kappa shape index (κ2) is 5.80. The van der Waals surface area contributed by atoms with Crippen molar-refractivity contribution in [1.82, 2.24) is 0 Å². The molecule has 2 N–H and O–H groups in total.